The second-order valence-electron chi connectivity index (χ2n) is 6.53. The van der Waals surface area contributed by atoms with Crippen molar-refractivity contribution >= 4 is 23.2 Å². The van der Waals surface area contributed by atoms with Crippen molar-refractivity contribution in [1.29, 1.82) is 0 Å². The van der Waals surface area contributed by atoms with Crippen LogP contribution >= 0.6 is 0 Å². The summed E-state index contributed by atoms with van der Waals surface area (Å²) in [6, 6.07) is 9.81. The Morgan fingerprint density at radius 2 is 2.00 bits per heavy atom. The summed E-state index contributed by atoms with van der Waals surface area (Å²) in [6.45, 7) is 3.98. The van der Waals surface area contributed by atoms with Crippen LogP contribution < -0.4 is 15.0 Å². The van der Waals surface area contributed by atoms with Gasteiger partial charge in [-0.05, 0) is 49.2 Å². The molecule has 3 rings (SSSR count). The first-order valence-electron chi connectivity index (χ1n) is 8.41. The van der Waals surface area contributed by atoms with Crippen LogP contribution in [0.15, 0.2) is 36.4 Å². The monoisotopic (exact) mass is 356 g/mol. The van der Waals surface area contributed by atoms with Crippen molar-refractivity contribution in [3.8, 4) is 5.75 Å². The smallest absolute Gasteiger partial charge is 0.229 e. The van der Waals surface area contributed by atoms with Crippen LogP contribution in [0.3, 0.4) is 0 Å². The molecule has 2 aromatic carbocycles. The number of nitrogens with zero attached hydrogens (tertiary/aromatic N) is 1. The van der Waals surface area contributed by atoms with E-state index in [2.05, 4.69) is 5.32 Å². The second kappa shape index (κ2) is 7.15. The first-order valence-corrected chi connectivity index (χ1v) is 8.41. The van der Waals surface area contributed by atoms with Gasteiger partial charge in [0.05, 0.1) is 18.7 Å². The highest BCUT2D eigenvalue weighted by atomic mass is 19.1. The van der Waals surface area contributed by atoms with Gasteiger partial charge in [0.1, 0.15) is 11.6 Å². The highest BCUT2D eigenvalue weighted by Crippen LogP contribution is 2.34. The molecule has 0 bridgehead atoms. The maximum atomic E-state index is 13.4. The highest BCUT2D eigenvalue weighted by molar-refractivity contribution is 6.04. The molecule has 1 heterocycles. The van der Waals surface area contributed by atoms with Crippen LogP contribution in [0.25, 0.3) is 0 Å². The second-order valence-corrected chi connectivity index (χ2v) is 6.53. The Balaban J connectivity index is 1.78. The predicted molar refractivity (Wildman–Crippen MR) is 98.0 cm³/mol. The number of benzene rings is 2. The van der Waals surface area contributed by atoms with E-state index in [1.165, 1.54) is 12.1 Å². The summed E-state index contributed by atoms with van der Waals surface area (Å²) in [4.78, 5) is 26.6. The molecule has 0 spiro atoms. The van der Waals surface area contributed by atoms with Crippen LogP contribution in [-0.2, 0) is 9.59 Å². The van der Waals surface area contributed by atoms with E-state index in [0.717, 1.165) is 11.1 Å². The summed E-state index contributed by atoms with van der Waals surface area (Å²) in [6.07, 6.45) is 0.108. The maximum absolute atomic E-state index is 13.4. The van der Waals surface area contributed by atoms with Crippen LogP contribution in [0.1, 0.15) is 17.5 Å². The van der Waals surface area contributed by atoms with Gasteiger partial charge in [-0.3, -0.25) is 9.59 Å². The van der Waals surface area contributed by atoms with Crippen molar-refractivity contribution in [2.45, 2.75) is 20.3 Å². The molecule has 5 nitrogen and oxygen atoms in total. The summed E-state index contributed by atoms with van der Waals surface area (Å²) < 4.78 is 18.8. The van der Waals surface area contributed by atoms with E-state index < -0.39 is 11.7 Å². The third-order valence-electron chi connectivity index (χ3n) is 4.58. The summed E-state index contributed by atoms with van der Waals surface area (Å²) in [5.41, 5.74) is 2.85. The molecule has 0 aromatic heterocycles. The molecule has 1 N–H and O–H groups in total. The van der Waals surface area contributed by atoms with Crippen molar-refractivity contribution in [1.82, 2.24) is 0 Å². The normalized spacial score (nSPS) is 16.7. The van der Waals surface area contributed by atoms with E-state index in [9.17, 15) is 14.0 Å². The van der Waals surface area contributed by atoms with E-state index in [1.54, 1.807) is 31.1 Å². The van der Waals surface area contributed by atoms with E-state index >= 15 is 0 Å². The fourth-order valence-electron chi connectivity index (χ4n) is 3.09. The Morgan fingerprint density at radius 3 is 2.73 bits per heavy atom. The number of halogens is 1. The fraction of sp³-hybridized carbons (Fsp3) is 0.300. The van der Waals surface area contributed by atoms with Crippen molar-refractivity contribution in [2.75, 3.05) is 23.9 Å². The van der Waals surface area contributed by atoms with E-state index in [0.29, 0.717) is 17.1 Å². The van der Waals surface area contributed by atoms with E-state index in [4.69, 9.17) is 4.74 Å². The van der Waals surface area contributed by atoms with Gasteiger partial charge in [-0.2, -0.15) is 0 Å². The first-order chi connectivity index (χ1) is 12.4. The molecule has 1 atom stereocenters. The molecule has 1 aliphatic rings. The average molecular weight is 356 g/mol. The predicted octanol–water partition coefficient (Wildman–Crippen LogP) is 3.44. The molecular weight excluding hydrogens is 335 g/mol. The molecule has 1 fully saturated rings. The van der Waals surface area contributed by atoms with E-state index in [-0.39, 0.29) is 24.8 Å². The number of hydrogen-bond acceptors (Lipinski definition) is 3. The van der Waals surface area contributed by atoms with Gasteiger partial charge in [0.2, 0.25) is 11.8 Å². The quantitative estimate of drug-likeness (QED) is 0.913. The zero-order valence-electron chi connectivity index (χ0n) is 15.0. The maximum Gasteiger partial charge on any atom is 0.229 e. The van der Waals surface area contributed by atoms with Gasteiger partial charge in [-0.25, -0.2) is 4.39 Å². The zero-order valence-corrected chi connectivity index (χ0v) is 15.0. The molecule has 1 aliphatic heterocycles. The molecule has 1 saturated heterocycles. The lowest BCUT2D eigenvalue weighted by atomic mass is 10.1. The Morgan fingerprint density at radius 1 is 1.23 bits per heavy atom. The highest BCUT2D eigenvalue weighted by Gasteiger charge is 2.36. The lowest BCUT2D eigenvalue weighted by molar-refractivity contribution is -0.122. The molecule has 26 heavy (non-hydrogen) atoms. The summed E-state index contributed by atoms with van der Waals surface area (Å²) in [5, 5.41) is 2.74. The summed E-state index contributed by atoms with van der Waals surface area (Å²) >= 11 is 0. The fourth-order valence-corrected chi connectivity index (χ4v) is 3.09. The minimum absolute atomic E-state index is 0.108. The van der Waals surface area contributed by atoms with Gasteiger partial charge in [0.15, 0.2) is 0 Å². The minimum atomic E-state index is -0.504. The van der Waals surface area contributed by atoms with E-state index in [1.807, 2.05) is 19.1 Å². The van der Waals surface area contributed by atoms with Crippen LogP contribution in [0.4, 0.5) is 15.8 Å². The topological polar surface area (TPSA) is 58.6 Å². The van der Waals surface area contributed by atoms with Crippen LogP contribution in [0, 0.1) is 25.6 Å². The zero-order chi connectivity index (χ0) is 18.8. The SMILES string of the molecule is COc1ccc(C)cc1N1C[C@@H](C(=O)Nc2cc(F)ccc2C)CC1=O. The molecule has 2 aromatic rings. The van der Waals surface area contributed by atoms with Gasteiger partial charge in [0.25, 0.3) is 0 Å². The third-order valence-corrected chi connectivity index (χ3v) is 4.58. The number of methoxy groups -OCH3 is 1. The van der Waals surface area contributed by atoms with Crippen molar-refractivity contribution < 1.29 is 18.7 Å². The standard InChI is InChI=1S/C20H21FN2O3/c1-12-4-7-18(26-3)17(8-12)23-11-14(9-19(23)24)20(25)22-16-10-15(21)6-5-13(16)2/h4-8,10,14H,9,11H2,1-3H3,(H,22,25)/t14-/m0/s1. The molecule has 6 heteroatoms. The first kappa shape index (κ1) is 17.9. The number of carbonyl (C=O) groups excluding carboxylic acids is 2. The Labute approximate surface area is 151 Å². The number of anilines is 2. The Kier molecular flexibility index (Phi) is 4.93. The van der Waals surface area contributed by atoms with Gasteiger partial charge >= 0.3 is 0 Å². The minimum Gasteiger partial charge on any atom is -0.495 e. The Hall–Kier alpha value is -2.89. The number of aryl methyl sites for hydroxylation is 2. The van der Waals surface area contributed by atoms with Crippen LogP contribution in [0.2, 0.25) is 0 Å². The van der Waals surface area contributed by atoms with Gasteiger partial charge in [0, 0.05) is 18.7 Å². The average Bonchev–Trinajstić information content (AvgIpc) is 3.00. The van der Waals surface area contributed by atoms with Crippen molar-refractivity contribution in [2.24, 2.45) is 5.92 Å². The number of rotatable bonds is 4. The molecule has 0 radical (unpaired) electrons. The molecule has 0 saturated carbocycles. The molecule has 2 amide bonds. The molecular formula is C20H21FN2O3. The molecule has 136 valence electrons. The number of carbonyl (C=O) groups is 2. The van der Waals surface area contributed by atoms with Crippen molar-refractivity contribution in [3.63, 3.8) is 0 Å². The number of nitrogens with one attached hydrogen (secondary N) is 1. The lowest BCUT2D eigenvalue weighted by Crippen LogP contribution is -2.28. The number of ether oxygens (including phenoxy) is 1. The molecule has 0 unspecified atom stereocenters. The number of hydrogen-bond donors (Lipinski definition) is 1. The van der Waals surface area contributed by atoms with Gasteiger partial charge < -0.3 is 15.0 Å². The third kappa shape index (κ3) is 3.54. The summed E-state index contributed by atoms with van der Waals surface area (Å²) in [5.74, 6) is -0.757. The Bertz CT molecular complexity index is 866. The van der Waals surface area contributed by atoms with Gasteiger partial charge in [-0.1, -0.05) is 12.1 Å². The molecule has 0 aliphatic carbocycles. The van der Waals surface area contributed by atoms with Crippen LogP contribution in [0.5, 0.6) is 5.75 Å². The number of amides is 2. The summed E-state index contributed by atoms with van der Waals surface area (Å²) in [7, 11) is 1.55. The largest absolute Gasteiger partial charge is 0.495 e. The lowest BCUT2D eigenvalue weighted by Gasteiger charge is -2.20. The van der Waals surface area contributed by atoms with Gasteiger partial charge in [-0.15, -0.1) is 0 Å². The van der Waals surface area contributed by atoms with Crippen LogP contribution in [-0.4, -0.2) is 25.5 Å². The van der Waals surface area contributed by atoms with Crippen molar-refractivity contribution in [3.05, 3.63) is 53.3 Å².